The number of carbonyl (C=O) groups is 1. The number of phenols is 1. The number of aliphatic carboxylic acids is 1. The Balaban J connectivity index is 3.21. The number of halogens is 4. The largest absolute Gasteiger partial charge is 0.508 e. The zero-order valence-electron chi connectivity index (χ0n) is 8.33. The van der Waals surface area contributed by atoms with Gasteiger partial charge in [0.2, 0.25) is 0 Å². The van der Waals surface area contributed by atoms with E-state index in [2.05, 4.69) is 0 Å². The molecule has 1 aromatic rings. The molecule has 0 aliphatic heterocycles. The second kappa shape index (κ2) is 4.60. The van der Waals surface area contributed by atoms with E-state index in [-0.39, 0.29) is 0 Å². The predicted octanol–water partition coefficient (Wildman–Crippen LogP) is 2.65. The average Bonchev–Trinajstić information content (AvgIpc) is 2.16. The second-order valence-electron chi connectivity index (χ2n) is 3.40. The molecule has 1 rings (SSSR count). The Morgan fingerprint density at radius 3 is 2.41 bits per heavy atom. The standard InChI is InChI=1S/C10H8F4O3/c11-5-1-2-8(15)6(3-5)7(4-9(16)17)10(12,13)14/h1-3,7,15H,4H2,(H,16,17). The number of hydrogen-bond donors (Lipinski definition) is 2. The van der Waals surface area contributed by atoms with Crippen LogP contribution in [0.1, 0.15) is 17.9 Å². The Labute approximate surface area is 93.3 Å². The quantitative estimate of drug-likeness (QED) is 0.813. The normalized spacial score (nSPS) is 13.4. The minimum absolute atomic E-state index is 0.483. The summed E-state index contributed by atoms with van der Waals surface area (Å²) in [6, 6.07) is 2.02. The van der Waals surface area contributed by atoms with Crippen LogP contribution < -0.4 is 0 Å². The molecule has 1 unspecified atom stereocenters. The van der Waals surface area contributed by atoms with Crippen LogP contribution in [0.3, 0.4) is 0 Å². The minimum atomic E-state index is -4.87. The number of carboxylic acids is 1. The summed E-state index contributed by atoms with van der Waals surface area (Å²) in [6.07, 6.45) is -6.13. The van der Waals surface area contributed by atoms with Gasteiger partial charge in [-0.25, -0.2) is 4.39 Å². The van der Waals surface area contributed by atoms with Crippen LogP contribution in [0.5, 0.6) is 5.75 Å². The molecule has 0 aliphatic carbocycles. The third-order valence-corrected chi connectivity index (χ3v) is 2.14. The molecule has 0 radical (unpaired) electrons. The van der Waals surface area contributed by atoms with Crippen LogP contribution in [0, 0.1) is 5.82 Å². The summed E-state index contributed by atoms with van der Waals surface area (Å²) in [6.45, 7) is 0. The molecular formula is C10H8F4O3. The first-order chi connectivity index (χ1) is 7.71. The van der Waals surface area contributed by atoms with Gasteiger partial charge in [-0.3, -0.25) is 4.79 Å². The van der Waals surface area contributed by atoms with Crippen LogP contribution in [0.4, 0.5) is 17.6 Å². The Kier molecular flexibility index (Phi) is 3.59. The highest BCUT2D eigenvalue weighted by atomic mass is 19.4. The molecule has 0 saturated heterocycles. The lowest BCUT2D eigenvalue weighted by atomic mass is 9.94. The van der Waals surface area contributed by atoms with Crippen molar-refractivity contribution in [2.45, 2.75) is 18.5 Å². The molecule has 1 atom stereocenters. The fraction of sp³-hybridized carbons (Fsp3) is 0.300. The molecule has 0 bridgehead atoms. The van der Waals surface area contributed by atoms with Crippen molar-refractivity contribution in [2.24, 2.45) is 0 Å². The third kappa shape index (κ3) is 3.33. The van der Waals surface area contributed by atoms with E-state index in [9.17, 15) is 27.5 Å². The fourth-order valence-corrected chi connectivity index (χ4v) is 1.38. The van der Waals surface area contributed by atoms with Gasteiger partial charge in [-0.05, 0) is 18.2 Å². The van der Waals surface area contributed by atoms with Crippen molar-refractivity contribution in [1.82, 2.24) is 0 Å². The van der Waals surface area contributed by atoms with E-state index in [1.807, 2.05) is 0 Å². The van der Waals surface area contributed by atoms with E-state index in [1.54, 1.807) is 0 Å². The zero-order chi connectivity index (χ0) is 13.2. The topological polar surface area (TPSA) is 57.5 Å². The van der Waals surface area contributed by atoms with E-state index in [4.69, 9.17) is 5.11 Å². The van der Waals surface area contributed by atoms with Gasteiger partial charge in [-0.15, -0.1) is 0 Å². The lowest BCUT2D eigenvalue weighted by molar-refractivity contribution is -0.163. The molecule has 94 valence electrons. The van der Waals surface area contributed by atoms with Gasteiger partial charge in [0.05, 0.1) is 12.3 Å². The molecule has 3 nitrogen and oxygen atoms in total. The smallest absolute Gasteiger partial charge is 0.396 e. The number of alkyl halides is 3. The molecule has 2 N–H and O–H groups in total. The number of rotatable bonds is 3. The van der Waals surface area contributed by atoms with Gasteiger partial charge in [-0.2, -0.15) is 13.2 Å². The molecule has 0 heterocycles. The molecule has 7 heteroatoms. The van der Waals surface area contributed by atoms with Gasteiger partial charge in [0, 0.05) is 5.56 Å². The number of phenolic OH excluding ortho intramolecular Hbond substituents is 1. The van der Waals surface area contributed by atoms with Crippen molar-refractivity contribution in [3.8, 4) is 5.75 Å². The Morgan fingerprint density at radius 1 is 1.35 bits per heavy atom. The van der Waals surface area contributed by atoms with E-state index >= 15 is 0 Å². The molecule has 17 heavy (non-hydrogen) atoms. The number of benzene rings is 1. The van der Waals surface area contributed by atoms with Crippen molar-refractivity contribution in [3.05, 3.63) is 29.6 Å². The summed E-state index contributed by atoms with van der Waals surface area (Å²) in [5.74, 6) is -5.88. The molecule has 0 aliphatic rings. The lowest BCUT2D eigenvalue weighted by Crippen LogP contribution is -2.23. The van der Waals surface area contributed by atoms with Crippen molar-refractivity contribution in [1.29, 1.82) is 0 Å². The van der Waals surface area contributed by atoms with E-state index in [0.29, 0.717) is 6.07 Å². The van der Waals surface area contributed by atoms with Crippen molar-refractivity contribution in [3.63, 3.8) is 0 Å². The number of carboxylic acid groups (broad SMARTS) is 1. The monoisotopic (exact) mass is 252 g/mol. The SMILES string of the molecule is O=C(O)CC(c1cc(F)ccc1O)C(F)(F)F. The first-order valence-corrected chi connectivity index (χ1v) is 4.48. The van der Waals surface area contributed by atoms with Gasteiger partial charge in [0.15, 0.2) is 0 Å². The van der Waals surface area contributed by atoms with Gasteiger partial charge in [0.1, 0.15) is 11.6 Å². The molecule has 0 spiro atoms. The Hall–Kier alpha value is -1.79. The highest BCUT2D eigenvalue weighted by Gasteiger charge is 2.43. The number of aromatic hydroxyl groups is 1. The van der Waals surface area contributed by atoms with Crippen molar-refractivity contribution < 1.29 is 32.6 Å². The zero-order valence-corrected chi connectivity index (χ0v) is 8.33. The first-order valence-electron chi connectivity index (χ1n) is 4.48. The van der Waals surface area contributed by atoms with Crippen molar-refractivity contribution in [2.75, 3.05) is 0 Å². The van der Waals surface area contributed by atoms with Gasteiger partial charge in [0.25, 0.3) is 0 Å². The predicted molar refractivity (Wildman–Crippen MR) is 49.1 cm³/mol. The highest BCUT2D eigenvalue weighted by Crippen LogP contribution is 2.41. The first kappa shape index (κ1) is 13.3. The average molecular weight is 252 g/mol. The molecule has 0 saturated carbocycles. The summed E-state index contributed by atoms with van der Waals surface area (Å²) in [4.78, 5) is 10.4. The van der Waals surface area contributed by atoms with Crippen LogP contribution in [0.2, 0.25) is 0 Å². The fourth-order valence-electron chi connectivity index (χ4n) is 1.38. The summed E-state index contributed by atoms with van der Waals surface area (Å²) in [5, 5.41) is 17.6. The van der Waals surface area contributed by atoms with Crippen LogP contribution in [-0.2, 0) is 4.79 Å². The maximum absolute atomic E-state index is 12.8. The maximum Gasteiger partial charge on any atom is 0.396 e. The minimum Gasteiger partial charge on any atom is -0.508 e. The highest BCUT2D eigenvalue weighted by molar-refractivity contribution is 5.68. The summed E-state index contributed by atoms with van der Waals surface area (Å²) >= 11 is 0. The summed E-state index contributed by atoms with van der Waals surface area (Å²) in [5.41, 5.74) is -0.778. The van der Waals surface area contributed by atoms with Crippen LogP contribution in [-0.4, -0.2) is 22.4 Å². The molecule has 0 amide bonds. The third-order valence-electron chi connectivity index (χ3n) is 2.14. The van der Waals surface area contributed by atoms with Crippen molar-refractivity contribution >= 4 is 5.97 Å². The molecule has 0 aromatic heterocycles. The summed E-state index contributed by atoms with van der Waals surface area (Å²) < 4.78 is 50.6. The van der Waals surface area contributed by atoms with Crippen LogP contribution in [0.15, 0.2) is 18.2 Å². The van der Waals surface area contributed by atoms with Crippen LogP contribution in [0.25, 0.3) is 0 Å². The van der Waals surface area contributed by atoms with E-state index < -0.39 is 41.6 Å². The maximum atomic E-state index is 12.8. The van der Waals surface area contributed by atoms with Gasteiger partial charge in [-0.1, -0.05) is 0 Å². The van der Waals surface area contributed by atoms with Gasteiger partial charge >= 0.3 is 12.1 Å². The number of hydrogen-bond acceptors (Lipinski definition) is 2. The Morgan fingerprint density at radius 2 is 1.94 bits per heavy atom. The van der Waals surface area contributed by atoms with E-state index in [1.165, 1.54) is 0 Å². The van der Waals surface area contributed by atoms with E-state index in [0.717, 1.165) is 12.1 Å². The second-order valence-corrected chi connectivity index (χ2v) is 3.40. The molecule has 0 fully saturated rings. The summed E-state index contributed by atoms with van der Waals surface area (Å²) in [7, 11) is 0. The van der Waals surface area contributed by atoms with Gasteiger partial charge < -0.3 is 10.2 Å². The lowest BCUT2D eigenvalue weighted by Gasteiger charge is -2.19. The molecular weight excluding hydrogens is 244 g/mol. The van der Waals surface area contributed by atoms with Crippen LogP contribution >= 0.6 is 0 Å². The molecule has 1 aromatic carbocycles. The Bertz CT molecular complexity index is 428.